The Morgan fingerprint density at radius 2 is 1.28 bits per heavy atom. The molecule has 0 aliphatic carbocycles. The molecule has 2 rings (SSSR count). The van der Waals surface area contributed by atoms with Crippen LogP contribution in [0.2, 0.25) is 0 Å². The number of nitrogens with one attached hydrogen (secondary N) is 3. The number of nitrogens with two attached hydrogens (primary N) is 2. The van der Waals surface area contributed by atoms with Crippen molar-refractivity contribution in [2.24, 2.45) is 11.5 Å². The second-order valence-electron chi connectivity index (χ2n) is 9.16. The number of unbranched alkanes of at least 4 members (excludes halogenated alkanes) is 1. The number of hydrogen-bond donors (Lipinski definition) is 8. The lowest BCUT2D eigenvalue weighted by Gasteiger charge is -2.25. The molecule has 0 radical (unpaired) electrons. The summed E-state index contributed by atoms with van der Waals surface area (Å²) >= 11 is 0. The van der Waals surface area contributed by atoms with Crippen LogP contribution in [0, 0.1) is 0 Å². The lowest BCUT2D eigenvalue weighted by atomic mass is 10.0. The molecular weight excluding hydrogens is 506 g/mol. The summed E-state index contributed by atoms with van der Waals surface area (Å²) in [7, 11) is 0. The summed E-state index contributed by atoms with van der Waals surface area (Å²) in [5.41, 5.74) is 12.4. The van der Waals surface area contributed by atoms with Gasteiger partial charge in [0.15, 0.2) is 0 Å². The number of hydrogen-bond acceptors (Lipinski definition) is 8. The maximum atomic E-state index is 13.3. The number of carboxylic acid groups (broad SMARTS) is 1. The minimum atomic E-state index is -1.31. The van der Waals surface area contributed by atoms with Crippen molar-refractivity contribution in [1.29, 1.82) is 0 Å². The van der Waals surface area contributed by atoms with Gasteiger partial charge in [-0.1, -0.05) is 42.5 Å². The molecule has 4 atom stereocenters. The van der Waals surface area contributed by atoms with Gasteiger partial charge in [0, 0.05) is 12.8 Å². The van der Waals surface area contributed by atoms with E-state index in [0.717, 1.165) is 5.56 Å². The number of phenolic OH excluding ortho intramolecular Hbond substituents is 1. The molecule has 3 amide bonds. The normalized spacial score (nSPS) is 13.9. The number of carbonyl (C=O) groups is 4. The fourth-order valence-corrected chi connectivity index (χ4v) is 3.79. The van der Waals surface area contributed by atoms with Crippen LogP contribution in [0.15, 0.2) is 54.6 Å². The summed E-state index contributed by atoms with van der Waals surface area (Å²) in [4.78, 5) is 50.8. The molecule has 39 heavy (non-hydrogen) atoms. The molecule has 0 spiro atoms. The van der Waals surface area contributed by atoms with Crippen molar-refractivity contribution in [2.45, 2.75) is 56.3 Å². The van der Waals surface area contributed by atoms with E-state index in [-0.39, 0.29) is 25.0 Å². The molecule has 2 aromatic carbocycles. The predicted molar refractivity (Wildman–Crippen MR) is 143 cm³/mol. The Balaban J connectivity index is 2.24. The van der Waals surface area contributed by atoms with Gasteiger partial charge in [0.25, 0.3) is 0 Å². The molecule has 0 aliphatic rings. The van der Waals surface area contributed by atoms with Crippen LogP contribution in [0.25, 0.3) is 0 Å². The molecule has 10 N–H and O–H groups in total. The van der Waals surface area contributed by atoms with E-state index >= 15 is 0 Å². The van der Waals surface area contributed by atoms with Gasteiger partial charge in [-0.15, -0.1) is 0 Å². The highest BCUT2D eigenvalue weighted by molar-refractivity contribution is 5.94. The number of carboxylic acids is 1. The first-order valence-corrected chi connectivity index (χ1v) is 12.7. The topological polar surface area (TPSA) is 217 Å². The Labute approximate surface area is 226 Å². The molecule has 12 heteroatoms. The smallest absolute Gasteiger partial charge is 0.326 e. The quantitative estimate of drug-likeness (QED) is 0.124. The lowest BCUT2D eigenvalue weighted by molar-refractivity contribution is -0.142. The summed E-state index contributed by atoms with van der Waals surface area (Å²) in [6.45, 7) is -0.227. The number of carbonyl (C=O) groups excluding carboxylic acids is 3. The van der Waals surface area contributed by atoms with E-state index in [1.54, 1.807) is 42.5 Å². The zero-order chi connectivity index (χ0) is 28.8. The Hall–Kier alpha value is -4.00. The minimum absolute atomic E-state index is 0.0216. The number of aliphatic carboxylic acids is 1. The van der Waals surface area contributed by atoms with E-state index < -0.39 is 54.5 Å². The van der Waals surface area contributed by atoms with Crippen LogP contribution in [0.1, 0.15) is 30.4 Å². The van der Waals surface area contributed by atoms with Crippen molar-refractivity contribution in [1.82, 2.24) is 16.0 Å². The first-order valence-electron chi connectivity index (χ1n) is 12.7. The summed E-state index contributed by atoms with van der Waals surface area (Å²) in [5, 5.41) is 36.0. The van der Waals surface area contributed by atoms with Crippen molar-refractivity contribution in [3.05, 3.63) is 65.7 Å². The summed E-state index contributed by atoms with van der Waals surface area (Å²) in [6.07, 6.45) is 1.32. The Morgan fingerprint density at radius 1 is 0.744 bits per heavy atom. The first-order chi connectivity index (χ1) is 18.6. The molecule has 0 heterocycles. The molecule has 0 aliphatic heterocycles. The number of phenols is 1. The maximum Gasteiger partial charge on any atom is 0.326 e. The van der Waals surface area contributed by atoms with Crippen molar-refractivity contribution < 1.29 is 34.5 Å². The average Bonchev–Trinajstić information content (AvgIpc) is 2.92. The van der Waals surface area contributed by atoms with Gasteiger partial charge in [-0.05, 0) is 49.1 Å². The average molecular weight is 544 g/mol. The molecule has 0 saturated carbocycles. The van der Waals surface area contributed by atoms with E-state index in [0.29, 0.717) is 24.9 Å². The van der Waals surface area contributed by atoms with E-state index in [9.17, 15) is 34.5 Å². The van der Waals surface area contributed by atoms with Crippen LogP contribution >= 0.6 is 0 Å². The summed E-state index contributed by atoms with van der Waals surface area (Å²) in [5.74, 6) is -3.36. The van der Waals surface area contributed by atoms with Gasteiger partial charge in [-0.25, -0.2) is 4.79 Å². The van der Waals surface area contributed by atoms with E-state index in [1.807, 2.05) is 0 Å². The monoisotopic (exact) mass is 543 g/mol. The summed E-state index contributed by atoms with van der Waals surface area (Å²) < 4.78 is 0. The number of aromatic hydroxyl groups is 1. The highest BCUT2D eigenvalue weighted by Crippen LogP contribution is 2.12. The van der Waals surface area contributed by atoms with Crippen LogP contribution in [0.3, 0.4) is 0 Å². The third kappa shape index (κ3) is 10.7. The van der Waals surface area contributed by atoms with E-state index in [1.165, 1.54) is 12.1 Å². The second-order valence-corrected chi connectivity index (χ2v) is 9.16. The molecule has 0 fully saturated rings. The number of aliphatic hydroxyl groups excluding tert-OH is 1. The van der Waals surface area contributed by atoms with E-state index in [2.05, 4.69) is 16.0 Å². The van der Waals surface area contributed by atoms with Gasteiger partial charge < -0.3 is 42.7 Å². The number of amides is 3. The molecule has 0 unspecified atom stereocenters. The van der Waals surface area contributed by atoms with Gasteiger partial charge in [0.2, 0.25) is 17.7 Å². The van der Waals surface area contributed by atoms with Crippen LogP contribution in [-0.4, -0.2) is 76.3 Å². The number of benzene rings is 2. The Bertz CT molecular complexity index is 1080. The fraction of sp³-hybridized carbons (Fsp3) is 0.407. The molecule has 2 aromatic rings. The van der Waals surface area contributed by atoms with E-state index in [4.69, 9.17) is 11.5 Å². The van der Waals surface area contributed by atoms with Gasteiger partial charge in [0.1, 0.15) is 29.9 Å². The largest absolute Gasteiger partial charge is 0.508 e. The SMILES string of the molecule is NCCCC[C@H](NC(=O)[C@@H](N)CO)C(=O)N[C@@H](Cc1ccccc1)C(=O)N[C@@H](Cc1ccc(O)cc1)C(=O)O. The van der Waals surface area contributed by atoms with Crippen LogP contribution in [0.4, 0.5) is 0 Å². The molecule has 12 nitrogen and oxygen atoms in total. The van der Waals surface area contributed by atoms with Gasteiger partial charge >= 0.3 is 5.97 Å². The lowest BCUT2D eigenvalue weighted by Crippen LogP contribution is -2.58. The highest BCUT2D eigenvalue weighted by atomic mass is 16.4. The number of aliphatic hydroxyl groups is 1. The molecule has 0 aromatic heterocycles. The fourth-order valence-electron chi connectivity index (χ4n) is 3.79. The third-order valence-corrected chi connectivity index (χ3v) is 6.02. The second kappa shape index (κ2) is 16.1. The van der Waals surface area contributed by atoms with Crippen molar-refractivity contribution in [3.8, 4) is 5.75 Å². The molecule has 0 bridgehead atoms. The van der Waals surface area contributed by atoms with Crippen molar-refractivity contribution >= 4 is 23.7 Å². The standard InChI is InChI=1S/C27H37N5O7/c28-13-5-4-8-21(30-24(35)20(29)16-33)25(36)31-22(14-17-6-2-1-3-7-17)26(37)32-23(27(38)39)15-18-9-11-19(34)12-10-18/h1-3,6-7,9-12,20-23,33-34H,4-5,8,13-16,28-29H2,(H,30,35)(H,31,36)(H,32,37)(H,38,39)/t20-,21-,22-,23-/m0/s1. The molecule has 0 saturated heterocycles. The van der Waals surface area contributed by atoms with Crippen molar-refractivity contribution in [2.75, 3.05) is 13.2 Å². The maximum absolute atomic E-state index is 13.3. The van der Waals surface area contributed by atoms with Crippen molar-refractivity contribution in [3.63, 3.8) is 0 Å². The molecular formula is C27H37N5O7. The molecule has 212 valence electrons. The Morgan fingerprint density at radius 3 is 1.87 bits per heavy atom. The predicted octanol–water partition coefficient (Wildman–Crippen LogP) is -0.835. The van der Waals surface area contributed by atoms with Crippen LogP contribution in [-0.2, 0) is 32.0 Å². The zero-order valence-electron chi connectivity index (χ0n) is 21.6. The first kappa shape index (κ1) is 31.2. The zero-order valence-corrected chi connectivity index (χ0v) is 21.6. The highest BCUT2D eigenvalue weighted by Gasteiger charge is 2.30. The third-order valence-electron chi connectivity index (χ3n) is 6.02. The summed E-state index contributed by atoms with van der Waals surface area (Å²) in [6, 6.07) is 10.0. The van der Waals surface area contributed by atoms with Gasteiger partial charge in [-0.3, -0.25) is 14.4 Å². The van der Waals surface area contributed by atoms with Gasteiger partial charge in [0.05, 0.1) is 6.61 Å². The number of rotatable bonds is 16. The van der Waals surface area contributed by atoms with Crippen LogP contribution in [0.5, 0.6) is 5.75 Å². The minimum Gasteiger partial charge on any atom is -0.508 e. The van der Waals surface area contributed by atoms with Gasteiger partial charge in [-0.2, -0.15) is 0 Å². The Kier molecular flexibility index (Phi) is 12.9. The van der Waals surface area contributed by atoms with Crippen LogP contribution < -0.4 is 27.4 Å².